The molecule has 3 heterocycles. The number of methoxy groups -OCH3 is 1. The van der Waals surface area contributed by atoms with Gasteiger partial charge in [-0.2, -0.15) is 0 Å². The van der Waals surface area contributed by atoms with Crippen molar-refractivity contribution in [3.8, 4) is 11.5 Å². The van der Waals surface area contributed by atoms with Crippen LogP contribution in [0.1, 0.15) is 28.8 Å². The second kappa shape index (κ2) is 12.3. The molecule has 0 spiro atoms. The van der Waals surface area contributed by atoms with Crippen molar-refractivity contribution in [2.75, 3.05) is 44.9 Å². The number of anilines is 1. The summed E-state index contributed by atoms with van der Waals surface area (Å²) in [5.41, 5.74) is 2.67. The van der Waals surface area contributed by atoms with Crippen LogP contribution in [0.25, 0.3) is 6.08 Å². The van der Waals surface area contributed by atoms with E-state index in [2.05, 4.69) is 4.90 Å². The highest BCUT2D eigenvalue weighted by Gasteiger charge is 2.32. The first-order valence-corrected chi connectivity index (χ1v) is 13.6. The van der Waals surface area contributed by atoms with E-state index in [4.69, 9.17) is 28.7 Å². The number of carbonyl (C=O) groups is 2. The number of aliphatic imine (C=N–C) groups is 1. The lowest BCUT2D eigenvalue weighted by Crippen LogP contribution is -2.36. The third kappa shape index (κ3) is 6.16. The first-order valence-electron chi connectivity index (χ1n) is 12.8. The van der Waals surface area contributed by atoms with Crippen LogP contribution in [-0.4, -0.2) is 67.0 Å². The second-order valence-electron chi connectivity index (χ2n) is 8.94. The number of hydrogen-bond donors (Lipinski definition) is 1. The van der Waals surface area contributed by atoms with Gasteiger partial charge in [-0.1, -0.05) is 6.07 Å². The highest BCUT2D eigenvalue weighted by molar-refractivity contribution is 8.18. The standard InChI is InChI=1S/C29H29N3O7S/c1-3-32-27(33)26(40-29(32)30-20-5-7-21(8-6-20)31-12-14-37-15-13-31)17-19-4-10-23(25(16-19)36-2)38-18-22-9-11-24(39-22)28(34)35/h4-11,16-17H,3,12-15,18H2,1-2H3,(H,34,35)/b26-17-,30-29?. The van der Waals surface area contributed by atoms with Crippen molar-refractivity contribution in [2.45, 2.75) is 13.5 Å². The molecule has 2 saturated heterocycles. The van der Waals surface area contributed by atoms with Gasteiger partial charge < -0.3 is 28.6 Å². The van der Waals surface area contributed by atoms with Crippen LogP contribution in [0.2, 0.25) is 0 Å². The normalized spacial score (nSPS) is 17.6. The van der Waals surface area contributed by atoms with Crippen molar-refractivity contribution in [3.05, 3.63) is 76.6 Å². The number of likely N-dealkylation sites (N-methyl/N-ethyl adjacent to an activating group) is 1. The molecule has 0 atom stereocenters. The molecule has 10 nitrogen and oxygen atoms in total. The second-order valence-corrected chi connectivity index (χ2v) is 9.95. The fraction of sp³-hybridized carbons (Fsp3) is 0.276. The number of benzene rings is 2. The van der Waals surface area contributed by atoms with Gasteiger partial charge in [-0.3, -0.25) is 9.69 Å². The molecule has 2 fully saturated rings. The van der Waals surface area contributed by atoms with Gasteiger partial charge in [0, 0.05) is 25.3 Å². The lowest BCUT2D eigenvalue weighted by molar-refractivity contribution is -0.122. The Bertz CT molecular complexity index is 1440. The van der Waals surface area contributed by atoms with Gasteiger partial charge in [0.05, 0.1) is 30.9 Å². The SMILES string of the molecule is CCN1C(=O)/C(=C/c2ccc(OCc3ccc(C(=O)O)o3)c(OC)c2)SC1=Nc1ccc(N2CCOCC2)cc1. The number of carbonyl (C=O) groups excluding carboxylic acids is 1. The molecule has 2 aromatic carbocycles. The first kappa shape index (κ1) is 27.4. The molecule has 11 heteroatoms. The molecule has 2 aliphatic rings. The zero-order valence-corrected chi connectivity index (χ0v) is 23.0. The van der Waals surface area contributed by atoms with E-state index in [9.17, 15) is 9.59 Å². The van der Waals surface area contributed by atoms with E-state index < -0.39 is 5.97 Å². The number of ether oxygens (including phenoxy) is 3. The molecule has 0 unspecified atom stereocenters. The Hall–Kier alpha value is -4.22. The summed E-state index contributed by atoms with van der Waals surface area (Å²) < 4.78 is 21.9. The van der Waals surface area contributed by atoms with Crippen molar-refractivity contribution in [2.24, 2.45) is 4.99 Å². The van der Waals surface area contributed by atoms with Crippen LogP contribution in [0.15, 0.2) is 68.9 Å². The predicted octanol–water partition coefficient (Wildman–Crippen LogP) is 5.03. The lowest BCUT2D eigenvalue weighted by atomic mass is 10.2. The summed E-state index contributed by atoms with van der Waals surface area (Å²) in [5, 5.41) is 9.64. The number of thioether (sulfide) groups is 1. The third-order valence-electron chi connectivity index (χ3n) is 6.38. The van der Waals surface area contributed by atoms with Crippen LogP contribution in [0.3, 0.4) is 0 Å². The van der Waals surface area contributed by atoms with E-state index >= 15 is 0 Å². The van der Waals surface area contributed by atoms with Gasteiger partial charge >= 0.3 is 5.97 Å². The molecule has 1 amide bonds. The van der Waals surface area contributed by atoms with E-state index in [-0.39, 0.29) is 18.3 Å². The summed E-state index contributed by atoms with van der Waals surface area (Å²) >= 11 is 1.33. The molecular formula is C29H29N3O7S. The quantitative estimate of drug-likeness (QED) is 0.358. The number of amidine groups is 1. The summed E-state index contributed by atoms with van der Waals surface area (Å²) in [5.74, 6) is -0.0987. The van der Waals surface area contributed by atoms with Crippen LogP contribution < -0.4 is 14.4 Å². The summed E-state index contributed by atoms with van der Waals surface area (Å²) in [6.45, 7) is 5.65. The van der Waals surface area contributed by atoms with Crippen molar-refractivity contribution >= 4 is 46.3 Å². The Morgan fingerprint density at radius 1 is 1.10 bits per heavy atom. The molecule has 0 bridgehead atoms. The monoisotopic (exact) mass is 563 g/mol. The average Bonchev–Trinajstić information content (AvgIpc) is 3.57. The van der Waals surface area contributed by atoms with Gasteiger partial charge in [-0.25, -0.2) is 9.79 Å². The van der Waals surface area contributed by atoms with Crippen LogP contribution >= 0.6 is 11.8 Å². The first-order chi connectivity index (χ1) is 19.4. The van der Waals surface area contributed by atoms with Gasteiger partial charge in [0.25, 0.3) is 5.91 Å². The fourth-order valence-corrected chi connectivity index (χ4v) is 5.37. The maximum atomic E-state index is 13.2. The van der Waals surface area contributed by atoms with Crippen molar-refractivity contribution in [1.82, 2.24) is 4.90 Å². The van der Waals surface area contributed by atoms with Crippen molar-refractivity contribution in [1.29, 1.82) is 0 Å². The largest absolute Gasteiger partial charge is 0.493 e. The van der Waals surface area contributed by atoms with Crippen LogP contribution in [-0.2, 0) is 16.1 Å². The van der Waals surface area contributed by atoms with Gasteiger partial charge in [-0.15, -0.1) is 0 Å². The fourth-order valence-electron chi connectivity index (χ4n) is 4.30. The van der Waals surface area contributed by atoms with Gasteiger partial charge in [0.1, 0.15) is 12.4 Å². The molecular weight excluding hydrogens is 534 g/mol. The summed E-state index contributed by atoms with van der Waals surface area (Å²) in [4.78, 5) is 33.4. The molecule has 2 aliphatic heterocycles. The molecule has 0 radical (unpaired) electrons. The van der Waals surface area contributed by atoms with E-state index in [0.29, 0.717) is 33.9 Å². The Morgan fingerprint density at radius 2 is 1.88 bits per heavy atom. The van der Waals surface area contributed by atoms with Gasteiger partial charge in [0.2, 0.25) is 5.76 Å². The minimum Gasteiger partial charge on any atom is -0.493 e. The minimum atomic E-state index is -1.14. The number of carboxylic acids is 1. The number of amides is 1. The zero-order chi connectivity index (χ0) is 28.1. The van der Waals surface area contributed by atoms with E-state index in [1.54, 1.807) is 29.2 Å². The number of aromatic carboxylic acids is 1. The van der Waals surface area contributed by atoms with E-state index in [1.807, 2.05) is 37.3 Å². The number of rotatable bonds is 9. The molecule has 5 rings (SSSR count). The zero-order valence-electron chi connectivity index (χ0n) is 22.2. The van der Waals surface area contributed by atoms with Crippen molar-refractivity contribution < 1.29 is 33.3 Å². The maximum absolute atomic E-state index is 13.2. The summed E-state index contributed by atoms with van der Waals surface area (Å²) in [6, 6.07) is 16.3. The van der Waals surface area contributed by atoms with Crippen LogP contribution in [0.4, 0.5) is 11.4 Å². The molecule has 0 saturated carbocycles. The molecule has 40 heavy (non-hydrogen) atoms. The Labute approximate surface area is 235 Å². The minimum absolute atomic E-state index is 0.0388. The lowest BCUT2D eigenvalue weighted by Gasteiger charge is -2.28. The molecule has 0 aliphatic carbocycles. The smallest absolute Gasteiger partial charge is 0.371 e. The molecule has 1 aromatic heterocycles. The number of nitrogens with zero attached hydrogens (tertiary/aromatic N) is 3. The highest BCUT2D eigenvalue weighted by atomic mass is 32.2. The molecule has 3 aromatic rings. The topological polar surface area (TPSA) is 114 Å². The predicted molar refractivity (Wildman–Crippen MR) is 153 cm³/mol. The number of morpholine rings is 1. The van der Waals surface area contributed by atoms with Gasteiger partial charge in [-0.05, 0) is 78.9 Å². The van der Waals surface area contributed by atoms with Crippen LogP contribution in [0.5, 0.6) is 11.5 Å². The summed E-state index contributed by atoms with van der Waals surface area (Å²) in [6.07, 6.45) is 1.80. The van der Waals surface area contributed by atoms with E-state index in [1.165, 1.54) is 24.9 Å². The number of hydrogen-bond acceptors (Lipinski definition) is 9. The molecule has 1 N–H and O–H groups in total. The average molecular weight is 564 g/mol. The number of furan rings is 1. The van der Waals surface area contributed by atoms with Gasteiger partial charge in [0.15, 0.2) is 16.7 Å². The highest BCUT2D eigenvalue weighted by Crippen LogP contribution is 2.36. The van der Waals surface area contributed by atoms with Crippen molar-refractivity contribution in [3.63, 3.8) is 0 Å². The Morgan fingerprint density at radius 3 is 2.55 bits per heavy atom. The number of carboxylic acid groups (broad SMARTS) is 1. The molecule has 208 valence electrons. The maximum Gasteiger partial charge on any atom is 0.371 e. The Balaban J connectivity index is 1.30. The third-order valence-corrected chi connectivity index (χ3v) is 7.39. The summed E-state index contributed by atoms with van der Waals surface area (Å²) in [7, 11) is 1.53. The van der Waals surface area contributed by atoms with E-state index in [0.717, 1.165) is 43.2 Å². The Kier molecular flexibility index (Phi) is 8.42. The van der Waals surface area contributed by atoms with Crippen LogP contribution in [0, 0.1) is 0 Å².